The normalized spacial score (nSPS) is 12.3. The van der Waals surface area contributed by atoms with E-state index in [0.29, 0.717) is 17.3 Å². The fourth-order valence-electron chi connectivity index (χ4n) is 2.60. The Labute approximate surface area is 165 Å². The van der Waals surface area contributed by atoms with Crippen LogP contribution in [-0.2, 0) is 21.4 Å². The molecule has 1 N–H and O–H groups in total. The summed E-state index contributed by atoms with van der Waals surface area (Å²) >= 11 is 5.86. The molecule has 0 spiro atoms. The minimum Gasteiger partial charge on any atom is -0.494 e. The summed E-state index contributed by atoms with van der Waals surface area (Å²) < 4.78 is 30.9. The minimum absolute atomic E-state index is 0.286. The van der Waals surface area contributed by atoms with Crippen molar-refractivity contribution in [1.82, 2.24) is 5.32 Å². The highest BCUT2D eigenvalue weighted by molar-refractivity contribution is 7.92. The van der Waals surface area contributed by atoms with E-state index in [1.807, 2.05) is 31.2 Å². The average Bonchev–Trinajstić information content (AvgIpc) is 2.61. The number of carbonyl (C=O) groups excluding carboxylic acids is 1. The van der Waals surface area contributed by atoms with Crippen molar-refractivity contribution in [2.24, 2.45) is 0 Å². The summed E-state index contributed by atoms with van der Waals surface area (Å²) in [6.07, 6.45) is 1.07. The predicted octanol–water partition coefficient (Wildman–Crippen LogP) is 3.21. The Kier molecular flexibility index (Phi) is 7.10. The van der Waals surface area contributed by atoms with E-state index >= 15 is 0 Å². The molecule has 2 aromatic rings. The quantitative estimate of drug-likeness (QED) is 0.725. The number of amides is 1. The average molecular weight is 411 g/mol. The SMILES string of the molecule is CCOc1ccc(CNC(=O)[C@@H](C)N(c2ccc(Cl)cc2)S(C)(=O)=O)cc1. The van der Waals surface area contributed by atoms with Crippen molar-refractivity contribution in [2.45, 2.75) is 26.4 Å². The van der Waals surface area contributed by atoms with Crippen molar-refractivity contribution in [3.63, 3.8) is 0 Å². The monoisotopic (exact) mass is 410 g/mol. The summed E-state index contributed by atoms with van der Waals surface area (Å²) in [5.41, 5.74) is 1.27. The largest absolute Gasteiger partial charge is 0.494 e. The van der Waals surface area contributed by atoms with Crippen molar-refractivity contribution in [2.75, 3.05) is 17.2 Å². The first-order valence-corrected chi connectivity index (χ1v) is 10.7. The van der Waals surface area contributed by atoms with Crippen LogP contribution in [0, 0.1) is 0 Å². The Bertz CT molecular complexity index is 868. The van der Waals surface area contributed by atoms with E-state index in [9.17, 15) is 13.2 Å². The van der Waals surface area contributed by atoms with Gasteiger partial charge in [0.2, 0.25) is 15.9 Å². The lowest BCUT2D eigenvalue weighted by Crippen LogP contribution is -2.47. The lowest BCUT2D eigenvalue weighted by molar-refractivity contribution is -0.122. The van der Waals surface area contributed by atoms with Crippen molar-refractivity contribution >= 4 is 33.2 Å². The van der Waals surface area contributed by atoms with E-state index in [1.165, 1.54) is 0 Å². The number of benzene rings is 2. The molecule has 0 aliphatic rings. The molecule has 2 aromatic carbocycles. The highest BCUT2D eigenvalue weighted by atomic mass is 35.5. The fourth-order valence-corrected chi connectivity index (χ4v) is 3.90. The van der Waals surface area contributed by atoms with Gasteiger partial charge in [-0.25, -0.2) is 8.42 Å². The molecule has 0 aromatic heterocycles. The van der Waals surface area contributed by atoms with Crippen molar-refractivity contribution in [3.8, 4) is 5.75 Å². The first-order chi connectivity index (χ1) is 12.7. The third kappa shape index (κ3) is 5.87. The summed E-state index contributed by atoms with van der Waals surface area (Å²) in [7, 11) is -3.66. The Hall–Kier alpha value is -2.25. The molecule has 0 heterocycles. The van der Waals surface area contributed by atoms with E-state index in [2.05, 4.69) is 5.32 Å². The lowest BCUT2D eigenvalue weighted by Gasteiger charge is -2.28. The van der Waals surface area contributed by atoms with Gasteiger partial charge in [-0.15, -0.1) is 0 Å². The van der Waals surface area contributed by atoms with Crippen molar-refractivity contribution in [1.29, 1.82) is 0 Å². The molecule has 0 unspecified atom stereocenters. The molecular weight excluding hydrogens is 388 g/mol. The molecule has 0 fully saturated rings. The zero-order chi connectivity index (χ0) is 20.0. The predicted molar refractivity (Wildman–Crippen MR) is 108 cm³/mol. The number of rotatable bonds is 8. The molecule has 0 aliphatic carbocycles. The van der Waals surface area contributed by atoms with Crippen molar-refractivity contribution < 1.29 is 17.9 Å². The van der Waals surface area contributed by atoms with E-state index in [4.69, 9.17) is 16.3 Å². The molecule has 0 saturated heterocycles. The van der Waals surface area contributed by atoms with Gasteiger partial charge < -0.3 is 10.1 Å². The summed E-state index contributed by atoms with van der Waals surface area (Å²) in [5, 5.41) is 3.26. The highest BCUT2D eigenvalue weighted by Gasteiger charge is 2.28. The van der Waals surface area contributed by atoms with Crippen LogP contribution in [0.3, 0.4) is 0 Å². The van der Waals surface area contributed by atoms with Gasteiger partial charge in [0.05, 0.1) is 18.6 Å². The number of ether oxygens (including phenoxy) is 1. The molecule has 27 heavy (non-hydrogen) atoms. The molecule has 1 atom stereocenters. The van der Waals surface area contributed by atoms with Crippen LogP contribution in [0.1, 0.15) is 19.4 Å². The first kappa shape index (κ1) is 21.1. The van der Waals surface area contributed by atoms with E-state index in [-0.39, 0.29) is 6.54 Å². The first-order valence-electron chi connectivity index (χ1n) is 8.46. The van der Waals surface area contributed by atoms with E-state index < -0.39 is 22.0 Å². The second-order valence-corrected chi connectivity index (χ2v) is 8.30. The van der Waals surface area contributed by atoms with Crippen LogP contribution >= 0.6 is 11.6 Å². The molecule has 8 heteroatoms. The smallest absolute Gasteiger partial charge is 0.243 e. The lowest BCUT2D eigenvalue weighted by atomic mass is 10.2. The molecule has 146 valence electrons. The van der Waals surface area contributed by atoms with Gasteiger partial charge in [0.1, 0.15) is 11.8 Å². The Morgan fingerprint density at radius 2 is 1.74 bits per heavy atom. The number of anilines is 1. The third-order valence-corrected chi connectivity index (χ3v) is 5.36. The van der Waals surface area contributed by atoms with Crippen LogP contribution in [0.2, 0.25) is 5.02 Å². The van der Waals surface area contributed by atoms with Crippen LogP contribution in [0.25, 0.3) is 0 Å². The number of nitrogens with zero attached hydrogens (tertiary/aromatic N) is 1. The van der Waals surface area contributed by atoms with Gasteiger partial charge >= 0.3 is 0 Å². The highest BCUT2D eigenvalue weighted by Crippen LogP contribution is 2.23. The van der Waals surface area contributed by atoms with Gasteiger partial charge in [-0.2, -0.15) is 0 Å². The van der Waals surface area contributed by atoms with E-state index in [1.54, 1.807) is 31.2 Å². The number of halogens is 1. The van der Waals surface area contributed by atoms with Crippen LogP contribution in [0.4, 0.5) is 5.69 Å². The van der Waals surface area contributed by atoms with Crippen LogP contribution in [0.15, 0.2) is 48.5 Å². The zero-order valence-corrected chi connectivity index (χ0v) is 17.0. The molecule has 6 nitrogen and oxygen atoms in total. The summed E-state index contributed by atoms with van der Waals surface area (Å²) in [6.45, 7) is 4.32. The maximum Gasteiger partial charge on any atom is 0.243 e. The maximum absolute atomic E-state index is 12.5. The van der Waals surface area contributed by atoms with Crippen molar-refractivity contribution in [3.05, 3.63) is 59.1 Å². The number of nitrogens with one attached hydrogen (secondary N) is 1. The molecule has 0 saturated carbocycles. The molecule has 0 bridgehead atoms. The topological polar surface area (TPSA) is 75.7 Å². The fraction of sp³-hybridized carbons (Fsp3) is 0.316. The molecule has 0 aliphatic heterocycles. The van der Waals surface area contributed by atoms with Crippen LogP contribution in [-0.4, -0.2) is 33.2 Å². The Morgan fingerprint density at radius 1 is 1.15 bits per heavy atom. The van der Waals surface area contributed by atoms with Gasteiger partial charge in [0, 0.05) is 11.6 Å². The van der Waals surface area contributed by atoms with Crippen LogP contribution in [0.5, 0.6) is 5.75 Å². The molecule has 1 amide bonds. The standard InChI is InChI=1S/C19H23ClN2O4S/c1-4-26-18-11-5-15(6-12-18)13-21-19(23)14(2)22(27(3,24)25)17-9-7-16(20)8-10-17/h5-12,14H,4,13H2,1-3H3,(H,21,23)/t14-/m1/s1. The van der Waals surface area contributed by atoms with Gasteiger partial charge in [-0.05, 0) is 55.8 Å². The molecule has 2 rings (SSSR count). The minimum atomic E-state index is -3.66. The summed E-state index contributed by atoms with van der Waals surface area (Å²) in [4.78, 5) is 12.5. The van der Waals surface area contributed by atoms with Gasteiger partial charge in [-0.3, -0.25) is 9.10 Å². The third-order valence-electron chi connectivity index (χ3n) is 3.87. The second-order valence-electron chi connectivity index (χ2n) is 6.01. The summed E-state index contributed by atoms with van der Waals surface area (Å²) in [6, 6.07) is 12.7. The number of hydrogen-bond donors (Lipinski definition) is 1. The Morgan fingerprint density at radius 3 is 2.26 bits per heavy atom. The van der Waals surface area contributed by atoms with Gasteiger partial charge in [-0.1, -0.05) is 23.7 Å². The van der Waals surface area contributed by atoms with Crippen LogP contribution < -0.4 is 14.4 Å². The number of hydrogen-bond acceptors (Lipinski definition) is 4. The van der Waals surface area contributed by atoms with Gasteiger partial charge in [0.15, 0.2) is 0 Å². The van der Waals surface area contributed by atoms with E-state index in [0.717, 1.165) is 21.9 Å². The zero-order valence-electron chi connectivity index (χ0n) is 15.5. The second kappa shape index (κ2) is 9.10. The van der Waals surface area contributed by atoms with Gasteiger partial charge in [0.25, 0.3) is 0 Å². The maximum atomic E-state index is 12.5. The summed E-state index contributed by atoms with van der Waals surface area (Å²) in [5.74, 6) is 0.358. The molecular formula is C19H23ClN2O4S. The number of carbonyl (C=O) groups is 1. The number of sulfonamides is 1. The molecule has 0 radical (unpaired) electrons. The Balaban J connectivity index is 2.09.